The van der Waals surface area contributed by atoms with Crippen molar-refractivity contribution in [3.05, 3.63) is 35.9 Å². The summed E-state index contributed by atoms with van der Waals surface area (Å²) >= 11 is 0. The smallest absolute Gasteiger partial charge is 0.254 e. The molecular weight excluding hydrogens is 382 g/mol. The van der Waals surface area contributed by atoms with Gasteiger partial charge in [0, 0.05) is 25.2 Å². The maximum Gasteiger partial charge on any atom is 0.254 e. The molecule has 2 heterocycles. The number of aliphatic hydroxyl groups is 1. The van der Waals surface area contributed by atoms with Gasteiger partial charge in [-0.25, -0.2) is 0 Å². The molecular formula is C23H33N3O4. The normalized spacial score (nSPS) is 21.0. The number of likely N-dealkylation sites (tertiary alicyclic amines) is 2. The van der Waals surface area contributed by atoms with Crippen molar-refractivity contribution in [2.75, 3.05) is 19.6 Å². The summed E-state index contributed by atoms with van der Waals surface area (Å²) in [7, 11) is 0. The fourth-order valence-corrected chi connectivity index (χ4v) is 4.30. The summed E-state index contributed by atoms with van der Waals surface area (Å²) in [5.74, 6) is -0.263. The zero-order valence-corrected chi connectivity index (χ0v) is 17.9. The Bertz CT molecular complexity index is 744. The van der Waals surface area contributed by atoms with Gasteiger partial charge in [-0.15, -0.1) is 0 Å². The number of carbonyl (C=O) groups excluding carboxylic acids is 3. The van der Waals surface area contributed by atoms with Gasteiger partial charge in [-0.2, -0.15) is 0 Å². The van der Waals surface area contributed by atoms with Crippen molar-refractivity contribution in [1.29, 1.82) is 0 Å². The van der Waals surface area contributed by atoms with Crippen LogP contribution in [0.5, 0.6) is 0 Å². The average Bonchev–Trinajstić information content (AvgIpc) is 3.23. The molecule has 0 saturated carbocycles. The number of hydrogen-bond donors (Lipinski definition) is 2. The highest BCUT2D eigenvalue weighted by atomic mass is 16.3. The molecule has 2 aliphatic rings. The molecule has 0 bridgehead atoms. The minimum Gasteiger partial charge on any atom is -0.393 e. The van der Waals surface area contributed by atoms with Crippen molar-refractivity contribution in [2.24, 2.45) is 5.92 Å². The highest BCUT2D eigenvalue weighted by molar-refractivity contribution is 5.98. The third-order valence-corrected chi connectivity index (χ3v) is 5.93. The van der Waals surface area contributed by atoms with Gasteiger partial charge in [-0.1, -0.05) is 32.0 Å². The number of aliphatic hydroxyl groups excluding tert-OH is 1. The number of piperidine rings is 1. The van der Waals surface area contributed by atoms with Crippen molar-refractivity contribution in [3.63, 3.8) is 0 Å². The predicted molar refractivity (Wildman–Crippen MR) is 114 cm³/mol. The highest BCUT2D eigenvalue weighted by Gasteiger charge is 2.37. The van der Waals surface area contributed by atoms with Gasteiger partial charge >= 0.3 is 0 Å². The van der Waals surface area contributed by atoms with Gasteiger partial charge in [0.1, 0.15) is 12.1 Å². The lowest BCUT2D eigenvalue weighted by Crippen LogP contribution is -2.55. The number of benzene rings is 1. The van der Waals surface area contributed by atoms with Gasteiger partial charge in [-0.3, -0.25) is 14.4 Å². The minimum absolute atomic E-state index is 0.0946. The Morgan fingerprint density at radius 1 is 1.07 bits per heavy atom. The first-order chi connectivity index (χ1) is 14.4. The number of rotatable bonds is 6. The SMILES string of the molecule is CC(C)C[C@H](NC(=O)[C@@H]1CCCN1C(=O)c1ccccc1)C(=O)N1CCC(O)CC1. The summed E-state index contributed by atoms with van der Waals surface area (Å²) in [6.45, 7) is 5.60. The number of nitrogens with one attached hydrogen (secondary N) is 1. The van der Waals surface area contributed by atoms with Gasteiger partial charge in [0.15, 0.2) is 0 Å². The van der Waals surface area contributed by atoms with E-state index in [0.717, 1.165) is 6.42 Å². The molecule has 30 heavy (non-hydrogen) atoms. The standard InChI is InChI=1S/C23H33N3O4/c1-16(2)15-19(23(30)25-13-10-18(27)11-14-25)24-21(28)20-9-6-12-26(20)22(29)17-7-4-3-5-8-17/h3-5,7-8,16,18-20,27H,6,9-15H2,1-2H3,(H,24,28)/t19-,20-/m0/s1. The fourth-order valence-electron chi connectivity index (χ4n) is 4.30. The van der Waals surface area contributed by atoms with Gasteiger partial charge < -0.3 is 20.2 Å². The van der Waals surface area contributed by atoms with Crippen molar-refractivity contribution in [2.45, 2.75) is 64.1 Å². The van der Waals surface area contributed by atoms with Crippen molar-refractivity contribution in [3.8, 4) is 0 Å². The lowest BCUT2D eigenvalue weighted by Gasteiger charge is -2.34. The van der Waals surface area contributed by atoms with Crippen molar-refractivity contribution < 1.29 is 19.5 Å². The maximum atomic E-state index is 13.1. The van der Waals surface area contributed by atoms with E-state index in [4.69, 9.17) is 0 Å². The molecule has 2 N–H and O–H groups in total. The quantitative estimate of drug-likeness (QED) is 0.741. The van der Waals surface area contributed by atoms with Crippen LogP contribution in [0, 0.1) is 5.92 Å². The van der Waals surface area contributed by atoms with E-state index in [2.05, 4.69) is 5.32 Å². The summed E-state index contributed by atoms with van der Waals surface area (Å²) in [4.78, 5) is 42.4. The van der Waals surface area contributed by atoms with E-state index in [1.165, 1.54) is 0 Å². The summed E-state index contributed by atoms with van der Waals surface area (Å²) in [5, 5.41) is 12.7. The molecule has 2 atom stereocenters. The number of nitrogens with zero attached hydrogens (tertiary/aromatic N) is 2. The molecule has 1 aromatic carbocycles. The van der Waals surface area contributed by atoms with Crippen LogP contribution < -0.4 is 5.32 Å². The number of carbonyl (C=O) groups is 3. The first-order valence-corrected chi connectivity index (χ1v) is 11.0. The summed E-state index contributed by atoms with van der Waals surface area (Å²) < 4.78 is 0. The Morgan fingerprint density at radius 3 is 2.37 bits per heavy atom. The highest BCUT2D eigenvalue weighted by Crippen LogP contribution is 2.21. The molecule has 0 unspecified atom stereocenters. The van der Waals surface area contributed by atoms with E-state index in [-0.39, 0.29) is 29.7 Å². The van der Waals surface area contributed by atoms with Crippen LogP contribution in [0.2, 0.25) is 0 Å². The molecule has 2 aliphatic heterocycles. The first-order valence-electron chi connectivity index (χ1n) is 11.0. The van der Waals surface area contributed by atoms with Crippen LogP contribution in [0.15, 0.2) is 30.3 Å². The topological polar surface area (TPSA) is 90.0 Å². The molecule has 0 spiro atoms. The Labute approximate surface area is 178 Å². The second-order valence-corrected chi connectivity index (χ2v) is 8.77. The molecule has 2 saturated heterocycles. The number of hydrogen-bond acceptors (Lipinski definition) is 4. The fraction of sp³-hybridized carbons (Fsp3) is 0.609. The summed E-state index contributed by atoms with van der Waals surface area (Å²) in [6.07, 6.45) is 2.69. The molecule has 2 fully saturated rings. The van der Waals surface area contributed by atoms with Crippen LogP contribution >= 0.6 is 0 Å². The van der Waals surface area contributed by atoms with Crippen LogP contribution in [0.3, 0.4) is 0 Å². The molecule has 1 aromatic rings. The minimum atomic E-state index is -0.609. The van der Waals surface area contributed by atoms with E-state index in [1.807, 2.05) is 32.0 Å². The molecule has 0 aromatic heterocycles. The molecule has 0 radical (unpaired) electrons. The molecule has 3 rings (SSSR count). The van der Waals surface area contributed by atoms with Crippen LogP contribution in [-0.2, 0) is 9.59 Å². The van der Waals surface area contributed by atoms with E-state index >= 15 is 0 Å². The zero-order valence-electron chi connectivity index (χ0n) is 17.9. The lowest BCUT2D eigenvalue weighted by molar-refractivity contribution is -0.139. The Hall–Kier alpha value is -2.41. The van der Waals surface area contributed by atoms with Gasteiger partial charge in [0.2, 0.25) is 11.8 Å². The third-order valence-electron chi connectivity index (χ3n) is 5.93. The third kappa shape index (κ3) is 5.39. The van der Waals surface area contributed by atoms with E-state index in [9.17, 15) is 19.5 Å². The van der Waals surface area contributed by atoms with Crippen molar-refractivity contribution in [1.82, 2.24) is 15.1 Å². The Balaban J connectivity index is 1.68. The molecule has 0 aliphatic carbocycles. The molecule has 3 amide bonds. The monoisotopic (exact) mass is 415 g/mol. The molecule has 7 nitrogen and oxygen atoms in total. The molecule has 164 valence electrons. The van der Waals surface area contributed by atoms with Gasteiger partial charge in [0.25, 0.3) is 5.91 Å². The first kappa shape index (κ1) is 22.3. The molecule has 7 heteroatoms. The maximum absolute atomic E-state index is 13.1. The van der Waals surface area contributed by atoms with Crippen molar-refractivity contribution >= 4 is 17.7 Å². The van der Waals surface area contributed by atoms with Gasteiger partial charge in [0.05, 0.1) is 6.10 Å². The second kappa shape index (κ2) is 10.1. The largest absolute Gasteiger partial charge is 0.393 e. The van der Waals surface area contributed by atoms with Crippen LogP contribution in [0.4, 0.5) is 0 Å². The van der Waals surface area contributed by atoms with Gasteiger partial charge in [-0.05, 0) is 50.2 Å². The summed E-state index contributed by atoms with van der Waals surface area (Å²) in [5.41, 5.74) is 0.568. The second-order valence-electron chi connectivity index (χ2n) is 8.77. The van der Waals surface area contributed by atoms with Crippen LogP contribution in [-0.4, -0.2) is 70.4 Å². The zero-order chi connectivity index (χ0) is 21.7. The van der Waals surface area contributed by atoms with Crippen LogP contribution in [0.25, 0.3) is 0 Å². The Kier molecular flexibility index (Phi) is 7.48. The average molecular weight is 416 g/mol. The van der Waals surface area contributed by atoms with E-state index < -0.39 is 12.1 Å². The van der Waals surface area contributed by atoms with E-state index in [1.54, 1.807) is 21.9 Å². The summed E-state index contributed by atoms with van der Waals surface area (Å²) in [6, 6.07) is 7.82. The predicted octanol–water partition coefficient (Wildman–Crippen LogP) is 1.81. The number of amides is 3. The Morgan fingerprint density at radius 2 is 1.73 bits per heavy atom. The lowest BCUT2D eigenvalue weighted by atomic mass is 10.00. The van der Waals surface area contributed by atoms with E-state index in [0.29, 0.717) is 50.9 Å². The van der Waals surface area contributed by atoms with Crippen LogP contribution in [0.1, 0.15) is 56.3 Å².